The van der Waals surface area contributed by atoms with Gasteiger partial charge in [-0.2, -0.15) is 5.10 Å². The van der Waals surface area contributed by atoms with Gasteiger partial charge >= 0.3 is 0 Å². The molecule has 0 aromatic carbocycles. The summed E-state index contributed by atoms with van der Waals surface area (Å²) in [6, 6.07) is 4.17. The molecule has 1 aliphatic heterocycles. The minimum Gasteiger partial charge on any atom is -0.341 e. The summed E-state index contributed by atoms with van der Waals surface area (Å²) in [5.74, 6) is 0.212. The molecule has 6 heteroatoms. The number of rotatable bonds is 4. The summed E-state index contributed by atoms with van der Waals surface area (Å²) in [6.07, 6.45) is 10.2. The highest BCUT2D eigenvalue weighted by molar-refractivity contribution is 5.76. The molecule has 0 aliphatic carbocycles. The number of nitrogens with zero attached hydrogens (tertiary/aromatic N) is 5. The number of carbonyl (C=O) groups is 1. The Morgan fingerprint density at radius 1 is 1.38 bits per heavy atom. The Morgan fingerprint density at radius 3 is 3.10 bits per heavy atom. The van der Waals surface area contributed by atoms with Crippen LogP contribution in [0.15, 0.2) is 37.2 Å². The zero-order valence-corrected chi connectivity index (χ0v) is 11.9. The second-order valence-corrected chi connectivity index (χ2v) is 5.37. The van der Waals surface area contributed by atoms with Crippen LogP contribution in [0.5, 0.6) is 0 Å². The summed E-state index contributed by atoms with van der Waals surface area (Å²) in [7, 11) is 0. The van der Waals surface area contributed by atoms with Crippen LogP contribution in [0.2, 0.25) is 0 Å². The van der Waals surface area contributed by atoms with E-state index in [2.05, 4.69) is 15.1 Å². The van der Waals surface area contributed by atoms with E-state index >= 15 is 0 Å². The van der Waals surface area contributed by atoms with Crippen molar-refractivity contribution >= 4 is 5.91 Å². The summed E-state index contributed by atoms with van der Waals surface area (Å²) in [5.41, 5.74) is 1.11. The summed E-state index contributed by atoms with van der Waals surface area (Å²) in [5, 5.41) is 4.19. The summed E-state index contributed by atoms with van der Waals surface area (Å²) in [4.78, 5) is 22.4. The number of hydrogen-bond acceptors (Lipinski definition) is 4. The molecule has 1 amide bonds. The fraction of sp³-hybridized carbons (Fsp3) is 0.467. The van der Waals surface area contributed by atoms with Gasteiger partial charge in [-0.05, 0) is 30.9 Å². The fourth-order valence-electron chi connectivity index (χ4n) is 2.76. The molecule has 2 aromatic rings. The van der Waals surface area contributed by atoms with E-state index in [0.29, 0.717) is 6.42 Å². The Morgan fingerprint density at radius 2 is 2.33 bits per heavy atom. The van der Waals surface area contributed by atoms with E-state index in [9.17, 15) is 4.79 Å². The van der Waals surface area contributed by atoms with Crippen LogP contribution in [0.3, 0.4) is 0 Å². The van der Waals surface area contributed by atoms with Gasteiger partial charge in [0, 0.05) is 31.9 Å². The molecule has 0 radical (unpaired) electrons. The monoisotopic (exact) mass is 285 g/mol. The quantitative estimate of drug-likeness (QED) is 0.853. The molecule has 1 fully saturated rings. The summed E-state index contributed by atoms with van der Waals surface area (Å²) < 4.78 is 1.86. The van der Waals surface area contributed by atoms with Crippen LogP contribution in [0.25, 0.3) is 0 Å². The van der Waals surface area contributed by atoms with Gasteiger partial charge in [0.15, 0.2) is 0 Å². The minimum atomic E-state index is 0.212. The van der Waals surface area contributed by atoms with Crippen molar-refractivity contribution in [1.29, 1.82) is 0 Å². The van der Waals surface area contributed by atoms with E-state index in [-0.39, 0.29) is 11.9 Å². The zero-order chi connectivity index (χ0) is 14.5. The molecule has 1 saturated heterocycles. The van der Waals surface area contributed by atoms with Crippen molar-refractivity contribution in [2.45, 2.75) is 31.7 Å². The highest BCUT2D eigenvalue weighted by Gasteiger charge is 2.24. The number of pyridine rings is 1. The Balaban J connectivity index is 1.55. The lowest BCUT2D eigenvalue weighted by Crippen LogP contribution is -2.40. The Labute approximate surface area is 123 Å². The van der Waals surface area contributed by atoms with Crippen LogP contribution >= 0.6 is 0 Å². The predicted octanol–water partition coefficient (Wildman–Crippen LogP) is 1.47. The van der Waals surface area contributed by atoms with Crippen molar-refractivity contribution in [2.75, 3.05) is 13.1 Å². The van der Waals surface area contributed by atoms with Crippen molar-refractivity contribution in [3.63, 3.8) is 0 Å². The molecule has 0 unspecified atom stereocenters. The van der Waals surface area contributed by atoms with Crippen molar-refractivity contribution < 1.29 is 4.79 Å². The van der Waals surface area contributed by atoms with E-state index in [1.165, 1.54) is 0 Å². The normalized spacial score (nSPS) is 18.7. The lowest BCUT2D eigenvalue weighted by Gasteiger charge is -2.32. The number of likely N-dealkylation sites (tertiary alicyclic amines) is 1. The molecule has 0 saturated carbocycles. The highest BCUT2D eigenvalue weighted by Crippen LogP contribution is 2.21. The first-order valence-electron chi connectivity index (χ1n) is 7.34. The molecule has 0 N–H and O–H groups in total. The number of aryl methyl sites for hydroxylation is 1. The molecule has 3 heterocycles. The first-order chi connectivity index (χ1) is 10.3. The van der Waals surface area contributed by atoms with Gasteiger partial charge in [-0.15, -0.1) is 0 Å². The third kappa shape index (κ3) is 3.45. The number of aromatic nitrogens is 4. The predicted molar refractivity (Wildman–Crippen MR) is 77.4 cm³/mol. The van der Waals surface area contributed by atoms with Gasteiger partial charge < -0.3 is 4.90 Å². The third-order valence-corrected chi connectivity index (χ3v) is 3.91. The molecule has 1 aliphatic rings. The second kappa shape index (κ2) is 6.47. The maximum atomic E-state index is 12.3. The average molecular weight is 285 g/mol. The molecule has 0 bridgehead atoms. The van der Waals surface area contributed by atoms with Crippen LogP contribution in [0.4, 0.5) is 0 Å². The summed E-state index contributed by atoms with van der Waals surface area (Å²) >= 11 is 0. The van der Waals surface area contributed by atoms with E-state index in [1.807, 2.05) is 27.9 Å². The first-order valence-corrected chi connectivity index (χ1v) is 7.34. The molecule has 110 valence electrons. The van der Waals surface area contributed by atoms with E-state index < -0.39 is 0 Å². The zero-order valence-electron chi connectivity index (χ0n) is 11.9. The van der Waals surface area contributed by atoms with Gasteiger partial charge in [0.2, 0.25) is 5.91 Å². The minimum absolute atomic E-state index is 0.212. The van der Waals surface area contributed by atoms with Crippen LogP contribution in [0, 0.1) is 0 Å². The molecule has 3 rings (SSSR count). The molecule has 0 spiro atoms. The average Bonchev–Trinajstić information content (AvgIpc) is 3.08. The molecule has 21 heavy (non-hydrogen) atoms. The van der Waals surface area contributed by atoms with Gasteiger partial charge in [-0.1, -0.05) is 6.07 Å². The summed E-state index contributed by atoms with van der Waals surface area (Å²) in [6.45, 7) is 1.58. The Kier molecular flexibility index (Phi) is 4.23. The van der Waals surface area contributed by atoms with E-state index in [1.54, 1.807) is 18.9 Å². The maximum Gasteiger partial charge on any atom is 0.222 e. The van der Waals surface area contributed by atoms with Crippen molar-refractivity contribution in [1.82, 2.24) is 24.6 Å². The van der Waals surface area contributed by atoms with Crippen molar-refractivity contribution in [3.05, 3.63) is 42.7 Å². The van der Waals surface area contributed by atoms with Gasteiger partial charge in [0.25, 0.3) is 0 Å². The van der Waals surface area contributed by atoms with Crippen LogP contribution < -0.4 is 0 Å². The number of amides is 1. The fourth-order valence-corrected chi connectivity index (χ4v) is 2.76. The SMILES string of the molecule is O=C(CCc1cccnc1)N1CCC[C@@H](n2cncn2)C1. The first kappa shape index (κ1) is 13.7. The Bertz CT molecular complexity index is 569. The number of piperidine rings is 1. The van der Waals surface area contributed by atoms with Gasteiger partial charge in [-0.25, -0.2) is 9.67 Å². The van der Waals surface area contributed by atoms with Crippen LogP contribution in [0.1, 0.15) is 30.9 Å². The Hall–Kier alpha value is -2.24. The van der Waals surface area contributed by atoms with Crippen LogP contribution in [-0.4, -0.2) is 43.6 Å². The van der Waals surface area contributed by atoms with Gasteiger partial charge in [0.05, 0.1) is 6.04 Å². The third-order valence-electron chi connectivity index (χ3n) is 3.91. The van der Waals surface area contributed by atoms with Gasteiger partial charge in [-0.3, -0.25) is 9.78 Å². The molecular weight excluding hydrogens is 266 g/mol. The van der Waals surface area contributed by atoms with E-state index in [4.69, 9.17) is 0 Å². The van der Waals surface area contributed by atoms with Crippen LogP contribution in [-0.2, 0) is 11.2 Å². The topological polar surface area (TPSA) is 63.9 Å². The molecular formula is C15H19N5O. The smallest absolute Gasteiger partial charge is 0.222 e. The second-order valence-electron chi connectivity index (χ2n) is 5.37. The number of carbonyl (C=O) groups excluding carboxylic acids is 1. The largest absolute Gasteiger partial charge is 0.341 e. The lowest BCUT2D eigenvalue weighted by molar-refractivity contribution is -0.132. The number of hydrogen-bond donors (Lipinski definition) is 0. The maximum absolute atomic E-state index is 12.3. The van der Waals surface area contributed by atoms with Crippen molar-refractivity contribution in [3.8, 4) is 0 Å². The highest BCUT2D eigenvalue weighted by atomic mass is 16.2. The molecule has 6 nitrogen and oxygen atoms in total. The molecule has 1 atom stereocenters. The lowest BCUT2D eigenvalue weighted by atomic mass is 10.0. The van der Waals surface area contributed by atoms with Gasteiger partial charge in [0.1, 0.15) is 12.7 Å². The standard InChI is InChI=1S/C15H19N5O/c21-15(6-5-13-3-1-7-16-9-13)19-8-2-4-14(10-19)20-12-17-11-18-20/h1,3,7,9,11-12,14H,2,4-6,8,10H2/t14-/m1/s1. The molecule has 2 aromatic heterocycles. The van der Waals surface area contributed by atoms with E-state index in [0.717, 1.165) is 37.9 Å². The van der Waals surface area contributed by atoms with Crippen molar-refractivity contribution in [2.24, 2.45) is 0 Å².